The second kappa shape index (κ2) is 4.76. The van der Waals surface area contributed by atoms with Gasteiger partial charge in [0.15, 0.2) is 5.65 Å². The van der Waals surface area contributed by atoms with Crippen LogP contribution in [-0.2, 0) is 0 Å². The lowest BCUT2D eigenvalue weighted by Gasteiger charge is -2.07. The van der Waals surface area contributed by atoms with Gasteiger partial charge >= 0.3 is 0 Å². The van der Waals surface area contributed by atoms with Crippen molar-refractivity contribution in [3.05, 3.63) is 46.4 Å². The Bertz CT molecular complexity index is 848. The first-order valence-electron chi connectivity index (χ1n) is 6.34. The lowest BCUT2D eigenvalue weighted by molar-refractivity contribution is 0.416. The molecule has 0 aliphatic rings. The Hall–Kier alpha value is -2.14. The Kier molecular flexibility index (Phi) is 3.06. The van der Waals surface area contributed by atoms with Gasteiger partial charge in [-0.25, -0.2) is 9.50 Å². The van der Waals surface area contributed by atoms with Crippen LogP contribution < -0.4 is 4.74 Å². The zero-order valence-electron chi connectivity index (χ0n) is 11.6. The first-order valence-corrected chi connectivity index (χ1v) is 6.75. The average molecular weight is 285 g/mol. The predicted octanol–water partition coefficient (Wildman–Crippen LogP) is 3.68. The third-order valence-corrected chi connectivity index (χ3v) is 3.60. The Morgan fingerprint density at radius 1 is 1.25 bits per heavy atom. The maximum atomic E-state index is 5.46. The van der Waals surface area contributed by atoms with Gasteiger partial charge in [0.05, 0.1) is 12.7 Å². The molecule has 102 valence electrons. The number of nitrogens with one attached hydrogen (secondary N) is 1. The third kappa shape index (κ3) is 1.91. The van der Waals surface area contributed by atoms with Gasteiger partial charge in [0.2, 0.25) is 0 Å². The monoisotopic (exact) mass is 285 g/mol. The van der Waals surface area contributed by atoms with E-state index in [4.69, 9.17) is 17.0 Å². The number of hydrogen-bond donors (Lipinski definition) is 1. The molecule has 0 saturated carbocycles. The third-order valence-electron chi connectivity index (χ3n) is 3.30. The van der Waals surface area contributed by atoms with E-state index in [0.29, 0.717) is 0 Å². The second-order valence-electron chi connectivity index (χ2n) is 4.71. The van der Waals surface area contributed by atoms with Crippen molar-refractivity contribution in [3.8, 4) is 16.9 Å². The van der Waals surface area contributed by atoms with Crippen LogP contribution in [0.15, 0.2) is 30.3 Å². The summed E-state index contributed by atoms with van der Waals surface area (Å²) in [6, 6.07) is 9.80. The molecule has 2 heterocycles. The zero-order chi connectivity index (χ0) is 14.3. The molecular formula is C15H15N3OS. The largest absolute Gasteiger partial charge is 0.496 e. The van der Waals surface area contributed by atoms with Crippen molar-refractivity contribution >= 4 is 17.9 Å². The molecule has 0 unspecified atom stereocenters. The van der Waals surface area contributed by atoms with Crippen LogP contribution in [0.2, 0.25) is 0 Å². The Balaban J connectivity index is 2.42. The van der Waals surface area contributed by atoms with Crippen molar-refractivity contribution in [2.45, 2.75) is 13.8 Å². The van der Waals surface area contributed by atoms with Crippen LogP contribution in [0.3, 0.4) is 0 Å². The minimum Gasteiger partial charge on any atom is -0.496 e. The van der Waals surface area contributed by atoms with Crippen LogP contribution in [0, 0.1) is 18.5 Å². The zero-order valence-corrected chi connectivity index (χ0v) is 12.4. The number of aryl methyl sites for hydroxylation is 2. The van der Waals surface area contributed by atoms with Gasteiger partial charge in [-0.15, -0.1) is 0 Å². The van der Waals surface area contributed by atoms with E-state index in [9.17, 15) is 0 Å². The fraction of sp³-hybridized carbons (Fsp3) is 0.200. The van der Waals surface area contributed by atoms with Gasteiger partial charge in [0, 0.05) is 17.0 Å². The molecule has 4 nitrogen and oxygen atoms in total. The fourth-order valence-corrected chi connectivity index (χ4v) is 2.74. The van der Waals surface area contributed by atoms with Crippen molar-refractivity contribution in [1.29, 1.82) is 0 Å². The molecule has 0 spiro atoms. The number of benzene rings is 1. The van der Waals surface area contributed by atoms with E-state index in [0.717, 1.165) is 38.6 Å². The summed E-state index contributed by atoms with van der Waals surface area (Å²) in [4.78, 5) is 4.62. The highest BCUT2D eigenvalue weighted by Gasteiger charge is 2.16. The normalized spacial score (nSPS) is 10.9. The summed E-state index contributed by atoms with van der Waals surface area (Å²) >= 11 is 5.39. The van der Waals surface area contributed by atoms with Crippen molar-refractivity contribution in [3.63, 3.8) is 0 Å². The highest BCUT2D eigenvalue weighted by Crippen LogP contribution is 2.34. The van der Waals surface area contributed by atoms with E-state index in [2.05, 4.69) is 10.1 Å². The van der Waals surface area contributed by atoms with E-state index in [-0.39, 0.29) is 0 Å². The number of fused-ring (bicyclic) bond motifs is 1. The van der Waals surface area contributed by atoms with E-state index in [1.54, 1.807) is 7.11 Å². The lowest BCUT2D eigenvalue weighted by Crippen LogP contribution is -1.94. The fourth-order valence-electron chi connectivity index (χ4n) is 2.44. The molecule has 0 aliphatic carbocycles. The van der Waals surface area contributed by atoms with Gasteiger partial charge in [0.1, 0.15) is 10.4 Å². The van der Waals surface area contributed by atoms with E-state index in [1.807, 2.05) is 48.7 Å². The molecule has 3 rings (SSSR count). The molecule has 1 N–H and O–H groups in total. The number of para-hydroxylation sites is 1. The summed E-state index contributed by atoms with van der Waals surface area (Å²) < 4.78 is 8.01. The molecule has 2 aromatic heterocycles. The molecule has 0 bridgehead atoms. The average Bonchev–Trinajstić information content (AvgIpc) is 2.75. The van der Waals surface area contributed by atoms with Crippen LogP contribution in [0.4, 0.5) is 0 Å². The summed E-state index contributed by atoms with van der Waals surface area (Å²) in [5.74, 6) is 0.825. The molecule has 5 heteroatoms. The number of rotatable bonds is 2. The maximum Gasteiger partial charge on any atom is 0.162 e. The quantitative estimate of drug-likeness (QED) is 0.730. The topological polar surface area (TPSA) is 42.3 Å². The summed E-state index contributed by atoms with van der Waals surface area (Å²) in [6.45, 7) is 3.96. The standard InChI is InChI=1S/C15H15N3OS/c1-9-8-13(20)18-15(16-9)14(10(2)17-18)11-6-4-5-7-12(11)19-3/h4-8,17H,1-3H3. The number of nitrogens with zero attached hydrogens (tertiary/aromatic N) is 2. The van der Waals surface area contributed by atoms with Crippen molar-refractivity contribution in [2.24, 2.45) is 0 Å². The molecular weight excluding hydrogens is 270 g/mol. The molecule has 20 heavy (non-hydrogen) atoms. The SMILES string of the molecule is COc1ccccc1-c1c(C)[nH]n2c(=S)cc(C)nc12. The summed E-state index contributed by atoms with van der Waals surface area (Å²) in [7, 11) is 1.67. The predicted molar refractivity (Wildman–Crippen MR) is 81.8 cm³/mol. The minimum absolute atomic E-state index is 0.719. The second-order valence-corrected chi connectivity index (χ2v) is 5.13. The first-order chi connectivity index (χ1) is 9.61. The highest BCUT2D eigenvalue weighted by molar-refractivity contribution is 7.71. The number of methoxy groups -OCH3 is 1. The van der Waals surface area contributed by atoms with Crippen LogP contribution in [0.5, 0.6) is 5.75 Å². The van der Waals surface area contributed by atoms with Gasteiger partial charge in [0.25, 0.3) is 0 Å². The Morgan fingerprint density at radius 2 is 2.00 bits per heavy atom. The maximum absolute atomic E-state index is 5.46. The van der Waals surface area contributed by atoms with Crippen LogP contribution >= 0.6 is 12.2 Å². The molecule has 0 saturated heterocycles. The number of hydrogen-bond acceptors (Lipinski definition) is 3. The first kappa shape index (κ1) is 12.9. The molecule has 0 fully saturated rings. The van der Waals surface area contributed by atoms with Crippen molar-refractivity contribution in [1.82, 2.24) is 14.6 Å². The number of aromatic nitrogens is 3. The van der Waals surface area contributed by atoms with Gasteiger partial charge in [-0.2, -0.15) is 0 Å². The lowest BCUT2D eigenvalue weighted by atomic mass is 10.1. The van der Waals surface area contributed by atoms with E-state index >= 15 is 0 Å². The molecule has 0 radical (unpaired) electrons. The smallest absolute Gasteiger partial charge is 0.162 e. The van der Waals surface area contributed by atoms with Gasteiger partial charge in [-0.1, -0.05) is 30.4 Å². The molecule has 0 amide bonds. The summed E-state index contributed by atoms with van der Waals surface area (Å²) in [6.07, 6.45) is 0. The van der Waals surface area contributed by atoms with Crippen molar-refractivity contribution < 1.29 is 4.74 Å². The summed E-state index contributed by atoms with van der Waals surface area (Å²) in [5.41, 5.74) is 4.79. The minimum atomic E-state index is 0.719. The van der Waals surface area contributed by atoms with Gasteiger partial charge < -0.3 is 4.74 Å². The Labute approximate surface area is 122 Å². The Morgan fingerprint density at radius 3 is 2.75 bits per heavy atom. The van der Waals surface area contributed by atoms with Crippen LogP contribution in [0.1, 0.15) is 11.4 Å². The van der Waals surface area contributed by atoms with E-state index < -0.39 is 0 Å². The molecule has 0 atom stereocenters. The molecule has 1 aromatic carbocycles. The highest BCUT2D eigenvalue weighted by atomic mass is 32.1. The van der Waals surface area contributed by atoms with Crippen LogP contribution in [-0.4, -0.2) is 21.7 Å². The van der Waals surface area contributed by atoms with Crippen LogP contribution in [0.25, 0.3) is 16.8 Å². The molecule has 3 aromatic rings. The van der Waals surface area contributed by atoms with E-state index in [1.165, 1.54) is 0 Å². The molecule has 0 aliphatic heterocycles. The van der Waals surface area contributed by atoms with Gasteiger partial charge in [-0.05, 0) is 26.0 Å². The van der Waals surface area contributed by atoms with Gasteiger partial charge in [-0.3, -0.25) is 5.10 Å². The number of H-pyrrole nitrogens is 1. The number of aromatic amines is 1. The number of ether oxygens (including phenoxy) is 1. The summed E-state index contributed by atoms with van der Waals surface area (Å²) in [5, 5.41) is 3.27. The van der Waals surface area contributed by atoms with Crippen molar-refractivity contribution in [2.75, 3.05) is 7.11 Å².